The first-order valence-electron chi connectivity index (χ1n) is 4.89. The van der Waals surface area contributed by atoms with Crippen LogP contribution in [0.4, 0.5) is 0 Å². The van der Waals surface area contributed by atoms with Crippen LogP contribution >= 0.6 is 0 Å². The Labute approximate surface area is 97.6 Å². The van der Waals surface area contributed by atoms with Gasteiger partial charge in [0, 0.05) is 11.5 Å². The Balaban J connectivity index is 2.76. The number of fused-ring (bicyclic) bond motifs is 1. The number of nitrogens with one attached hydrogen (secondary N) is 1. The topological polar surface area (TPSA) is 75.1 Å². The third-order valence-corrected chi connectivity index (χ3v) is 2.51. The minimum Gasteiger partial charge on any atom is -0.482 e. The van der Waals surface area contributed by atoms with Crippen molar-refractivity contribution in [2.45, 2.75) is 0 Å². The van der Waals surface area contributed by atoms with Crippen LogP contribution in [0, 0.1) is 11.3 Å². The lowest BCUT2D eigenvalue weighted by molar-refractivity contribution is 0.0603. The molecule has 0 unspecified atom stereocenters. The first kappa shape index (κ1) is 11.0. The van der Waals surface area contributed by atoms with Crippen molar-refractivity contribution in [3.8, 4) is 11.9 Å². The molecule has 0 fully saturated rings. The SMILES string of the molecule is COC(=O)c1ccc(C#N)c2[nH]c(OC)cc12. The molecule has 5 heteroatoms. The van der Waals surface area contributed by atoms with Crippen LogP contribution in [0.5, 0.6) is 5.88 Å². The fourth-order valence-electron chi connectivity index (χ4n) is 1.69. The maximum atomic E-state index is 11.6. The van der Waals surface area contributed by atoms with E-state index in [1.807, 2.05) is 0 Å². The fraction of sp³-hybridized carbons (Fsp3) is 0.167. The van der Waals surface area contributed by atoms with Crippen molar-refractivity contribution in [1.82, 2.24) is 4.98 Å². The molecule has 0 aliphatic heterocycles. The van der Waals surface area contributed by atoms with Gasteiger partial charge in [0.25, 0.3) is 0 Å². The number of rotatable bonds is 2. The summed E-state index contributed by atoms with van der Waals surface area (Å²) in [5.41, 5.74) is 1.43. The second kappa shape index (κ2) is 4.18. The number of H-pyrrole nitrogens is 1. The van der Waals surface area contributed by atoms with Crippen molar-refractivity contribution in [1.29, 1.82) is 5.26 Å². The maximum absolute atomic E-state index is 11.6. The number of nitriles is 1. The molecule has 0 bridgehead atoms. The smallest absolute Gasteiger partial charge is 0.338 e. The van der Waals surface area contributed by atoms with Gasteiger partial charge < -0.3 is 14.5 Å². The molecule has 86 valence electrons. The summed E-state index contributed by atoms with van der Waals surface area (Å²) < 4.78 is 9.73. The van der Waals surface area contributed by atoms with Gasteiger partial charge in [-0.05, 0) is 12.1 Å². The molecular formula is C12H10N2O3. The number of methoxy groups -OCH3 is 2. The molecule has 0 saturated carbocycles. The fourth-order valence-corrected chi connectivity index (χ4v) is 1.69. The van der Waals surface area contributed by atoms with Gasteiger partial charge in [0.15, 0.2) is 5.88 Å². The Morgan fingerprint density at radius 2 is 2.18 bits per heavy atom. The number of hydrogen-bond donors (Lipinski definition) is 1. The largest absolute Gasteiger partial charge is 0.482 e. The summed E-state index contributed by atoms with van der Waals surface area (Å²) in [6, 6.07) is 6.87. The molecule has 17 heavy (non-hydrogen) atoms. The molecule has 0 saturated heterocycles. The van der Waals surface area contributed by atoms with Gasteiger partial charge >= 0.3 is 5.97 Å². The molecule has 0 atom stereocenters. The Morgan fingerprint density at radius 1 is 1.41 bits per heavy atom. The number of carbonyl (C=O) groups excluding carboxylic acids is 1. The predicted molar refractivity (Wildman–Crippen MR) is 60.9 cm³/mol. The Hall–Kier alpha value is -2.48. The zero-order valence-electron chi connectivity index (χ0n) is 9.40. The molecular weight excluding hydrogens is 220 g/mol. The van der Waals surface area contributed by atoms with Crippen LogP contribution in [0.3, 0.4) is 0 Å². The van der Waals surface area contributed by atoms with E-state index in [9.17, 15) is 4.79 Å². The third-order valence-electron chi connectivity index (χ3n) is 2.51. The summed E-state index contributed by atoms with van der Waals surface area (Å²) in [7, 11) is 2.82. The lowest BCUT2D eigenvalue weighted by Crippen LogP contribution is -2.01. The van der Waals surface area contributed by atoms with Gasteiger partial charge in [-0.2, -0.15) is 5.26 Å². The van der Waals surface area contributed by atoms with Crippen LogP contribution in [-0.4, -0.2) is 25.2 Å². The van der Waals surface area contributed by atoms with Crippen LogP contribution < -0.4 is 4.74 Å². The van der Waals surface area contributed by atoms with E-state index < -0.39 is 5.97 Å². The zero-order chi connectivity index (χ0) is 12.4. The van der Waals surface area contributed by atoms with Crippen molar-refractivity contribution in [3.05, 3.63) is 29.3 Å². The van der Waals surface area contributed by atoms with Crippen LogP contribution in [0.15, 0.2) is 18.2 Å². The molecule has 0 aliphatic rings. The minimum absolute atomic E-state index is 0.404. The van der Waals surface area contributed by atoms with Gasteiger partial charge in [0.1, 0.15) is 6.07 Å². The third kappa shape index (κ3) is 1.70. The monoisotopic (exact) mass is 230 g/mol. The maximum Gasteiger partial charge on any atom is 0.338 e. The normalized spacial score (nSPS) is 9.94. The molecule has 5 nitrogen and oxygen atoms in total. The molecule has 2 aromatic rings. The zero-order valence-corrected chi connectivity index (χ0v) is 9.40. The average molecular weight is 230 g/mol. The summed E-state index contributed by atoms with van der Waals surface area (Å²) in [5, 5.41) is 9.60. The van der Waals surface area contributed by atoms with E-state index in [1.165, 1.54) is 14.2 Å². The van der Waals surface area contributed by atoms with Crippen molar-refractivity contribution in [3.63, 3.8) is 0 Å². The summed E-state index contributed by atoms with van der Waals surface area (Å²) in [6.45, 7) is 0. The van der Waals surface area contributed by atoms with Crippen LogP contribution in [-0.2, 0) is 4.74 Å². The highest BCUT2D eigenvalue weighted by atomic mass is 16.5. The molecule has 1 N–H and O–H groups in total. The first-order valence-corrected chi connectivity index (χ1v) is 4.89. The van der Waals surface area contributed by atoms with Gasteiger partial charge in [0.05, 0.1) is 30.9 Å². The van der Waals surface area contributed by atoms with Gasteiger partial charge in [-0.25, -0.2) is 4.79 Å². The summed E-state index contributed by atoms with van der Waals surface area (Å²) in [4.78, 5) is 14.5. The number of esters is 1. The van der Waals surface area contributed by atoms with E-state index in [4.69, 9.17) is 10.00 Å². The lowest BCUT2D eigenvalue weighted by atomic mass is 10.1. The highest BCUT2D eigenvalue weighted by Gasteiger charge is 2.15. The quantitative estimate of drug-likeness (QED) is 0.798. The highest BCUT2D eigenvalue weighted by Crippen LogP contribution is 2.27. The van der Waals surface area contributed by atoms with E-state index in [0.29, 0.717) is 27.9 Å². The van der Waals surface area contributed by atoms with Crippen LogP contribution in [0.2, 0.25) is 0 Å². The number of carbonyl (C=O) groups is 1. The molecule has 0 spiro atoms. The molecule has 0 radical (unpaired) electrons. The van der Waals surface area contributed by atoms with Crippen molar-refractivity contribution >= 4 is 16.9 Å². The Morgan fingerprint density at radius 3 is 2.76 bits per heavy atom. The number of hydrogen-bond acceptors (Lipinski definition) is 4. The van der Waals surface area contributed by atoms with Gasteiger partial charge in [-0.1, -0.05) is 0 Å². The van der Waals surface area contributed by atoms with Crippen molar-refractivity contribution < 1.29 is 14.3 Å². The van der Waals surface area contributed by atoms with Crippen LogP contribution in [0.25, 0.3) is 10.9 Å². The second-order valence-corrected chi connectivity index (χ2v) is 3.39. The predicted octanol–water partition coefficient (Wildman–Crippen LogP) is 1.83. The highest BCUT2D eigenvalue weighted by molar-refractivity contribution is 6.05. The average Bonchev–Trinajstić information content (AvgIpc) is 2.80. The Bertz CT molecular complexity index is 622. The van der Waals surface area contributed by atoms with Crippen LogP contribution in [0.1, 0.15) is 15.9 Å². The van der Waals surface area contributed by atoms with E-state index >= 15 is 0 Å². The van der Waals surface area contributed by atoms with Gasteiger partial charge in [-0.3, -0.25) is 0 Å². The van der Waals surface area contributed by atoms with Gasteiger partial charge in [0.2, 0.25) is 0 Å². The molecule has 0 aliphatic carbocycles. The molecule has 1 heterocycles. The van der Waals surface area contributed by atoms with Gasteiger partial charge in [-0.15, -0.1) is 0 Å². The number of benzene rings is 1. The lowest BCUT2D eigenvalue weighted by Gasteiger charge is -2.01. The summed E-state index contributed by atoms with van der Waals surface area (Å²) in [5.74, 6) is 0.0500. The number of ether oxygens (including phenoxy) is 2. The molecule has 1 aromatic carbocycles. The summed E-state index contributed by atoms with van der Waals surface area (Å²) in [6.07, 6.45) is 0. The van der Waals surface area contributed by atoms with E-state index in [1.54, 1.807) is 18.2 Å². The first-order chi connectivity index (χ1) is 8.21. The molecule has 1 aromatic heterocycles. The van der Waals surface area contributed by atoms with Crippen molar-refractivity contribution in [2.24, 2.45) is 0 Å². The van der Waals surface area contributed by atoms with E-state index in [0.717, 1.165) is 0 Å². The van der Waals surface area contributed by atoms with E-state index in [-0.39, 0.29) is 0 Å². The number of aromatic amines is 1. The minimum atomic E-state index is -0.443. The standard InChI is InChI=1S/C12H10N2O3/c1-16-10-5-9-8(12(15)17-2)4-3-7(6-13)11(9)14-10/h3-5,14H,1-2H3. The number of aromatic nitrogens is 1. The summed E-state index contributed by atoms with van der Waals surface area (Å²) >= 11 is 0. The number of nitrogens with zero attached hydrogens (tertiary/aromatic N) is 1. The molecule has 0 amide bonds. The Kier molecular flexibility index (Phi) is 2.71. The van der Waals surface area contributed by atoms with E-state index in [2.05, 4.69) is 15.8 Å². The van der Waals surface area contributed by atoms with Crippen molar-refractivity contribution in [2.75, 3.05) is 14.2 Å². The molecule has 2 rings (SSSR count). The second-order valence-electron chi connectivity index (χ2n) is 3.39.